The van der Waals surface area contributed by atoms with E-state index in [1.807, 2.05) is 0 Å². The molecule has 0 spiro atoms. The second-order valence-electron chi connectivity index (χ2n) is 6.23. The number of hydrogen-bond acceptors (Lipinski definition) is 5. The fraction of sp³-hybridized carbons (Fsp3) is 0.800. The van der Waals surface area contributed by atoms with Crippen LogP contribution in [0.5, 0.6) is 0 Å². The lowest BCUT2D eigenvalue weighted by atomic mass is 9.96. The second-order valence-corrected chi connectivity index (χ2v) is 6.23. The molecule has 1 saturated carbocycles. The summed E-state index contributed by atoms with van der Waals surface area (Å²) in [6.45, 7) is 2.81. The summed E-state index contributed by atoms with van der Waals surface area (Å²) in [6, 6.07) is -0.833. The van der Waals surface area contributed by atoms with E-state index in [1.165, 1.54) is 6.42 Å². The number of hydrogen-bond donors (Lipinski definition) is 3. The zero-order chi connectivity index (χ0) is 16.8. The van der Waals surface area contributed by atoms with Gasteiger partial charge < -0.3 is 15.8 Å². The molecule has 0 aromatic rings. The molecule has 23 heavy (non-hydrogen) atoms. The topological polar surface area (TPSA) is 114 Å². The lowest BCUT2D eigenvalue weighted by molar-refractivity contribution is -0.140. The van der Waals surface area contributed by atoms with Gasteiger partial charge in [0, 0.05) is 19.1 Å². The molecule has 0 aromatic heterocycles. The molecular weight excluding hydrogens is 300 g/mol. The normalized spacial score (nSPS) is 24.7. The molecule has 1 aliphatic heterocycles. The Morgan fingerprint density at radius 1 is 1.22 bits per heavy atom. The van der Waals surface area contributed by atoms with Gasteiger partial charge in [0.25, 0.3) is 0 Å². The van der Waals surface area contributed by atoms with E-state index in [0.29, 0.717) is 13.2 Å². The van der Waals surface area contributed by atoms with Gasteiger partial charge in [0.05, 0.1) is 12.6 Å². The number of urea groups is 1. The van der Waals surface area contributed by atoms with Gasteiger partial charge in [0.15, 0.2) is 0 Å². The number of carbonyl (C=O) groups excluding carboxylic acids is 3. The van der Waals surface area contributed by atoms with Crippen LogP contribution in [-0.4, -0.2) is 60.6 Å². The zero-order valence-electron chi connectivity index (χ0n) is 13.5. The van der Waals surface area contributed by atoms with E-state index in [2.05, 4.69) is 10.6 Å². The number of nitrogens with zero attached hydrogens (tertiary/aromatic N) is 1. The van der Waals surface area contributed by atoms with Crippen molar-refractivity contribution in [1.82, 2.24) is 15.5 Å². The molecule has 4 amide bonds. The highest BCUT2D eigenvalue weighted by Gasteiger charge is 2.31. The van der Waals surface area contributed by atoms with Gasteiger partial charge in [-0.1, -0.05) is 19.3 Å². The van der Waals surface area contributed by atoms with Crippen LogP contribution in [0, 0.1) is 0 Å². The van der Waals surface area contributed by atoms with Crippen molar-refractivity contribution >= 4 is 17.8 Å². The summed E-state index contributed by atoms with van der Waals surface area (Å²) in [5, 5.41) is 5.23. The predicted molar refractivity (Wildman–Crippen MR) is 83.5 cm³/mol. The Hall–Kier alpha value is -1.67. The summed E-state index contributed by atoms with van der Waals surface area (Å²) >= 11 is 0. The molecule has 130 valence electrons. The van der Waals surface area contributed by atoms with Crippen molar-refractivity contribution in [2.75, 3.05) is 19.7 Å². The number of amides is 4. The first-order chi connectivity index (χ1) is 11.0. The summed E-state index contributed by atoms with van der Waals surface area (Å²) in [5.41, 5.74) is 5.24. The van der Waals surface area contributed by atoms with Gasteiger partial charge in [0.1, 0.15) is 6.10 Å². The monoisotopic (exact) mass is 326 g/mol. The van der Waals surface area contributed by atoms with E-state index in [4.69, 9.17) is 10.5 Å². The summed E-state index contributed by atoms with van der Waals surface area (Å²) in [4.78, 5) is 37.1. The average molecular weight is 326 g/mol. The Morgan fingerprint density at radius 3 is 2.57 bits per heavy atom. The number of ether oxygens (including phenoxy) is 1. The first-order valence-corrected chi connectivity index (χ1v) is 8.23. The molecule has 4 N–H and O–H groups in total. The molecule has 0 aromatic carbocycles. The molecule has 2 aliphatic rings. The van der Waals surface area contributed by atoms with Gasteiger partial charge in [0.2, 0.25) is 11.8 Å². The number of nitrogens with two attached hydrogens (primary N) is 1. The summed E-state index contributed by atoms with van der Waals surface area (Å²) in [5.74, 6) is -0.930. The first kappa shape index (κ1) is 17.7. The first-order valence-electron chi connectivity index (χ1n) is 8.23. The van der Waals surface area contributed by atoms with Crippen LogP contribution in [0.25, 0.3) is 0 Å². The molecule has 1 aliphatic carbocycles. The van der Waals surface area contributed by atoms with Crippen LogP contribution in [0.3, 0.4) is 0 Å². The SMILES string of the molecule is CC(C(=O)NC(=O)NC1CCCCC1)N1CCOC(C(N)=O)C1. The maximum atomic E-state index is 12.2. The van der Waals surface area contributed by atoms with Crippen molar-refractivity contribution in [3.8, 4) is 0 Å². The molecule has 0 bridgehead atoms. The molecule has 1 saturated heterocycles. The summed E-state index contributed by atoms with van der Waals surface area (Å²) < 4.78 is 5.25. The van der Waals surface area contributed by atoms with Gasteiger partial charge in [-0.05, 0) is 19.8 Å². The average Bonchev–Trinajstić information content (AvgIpc) is 2.55. The van der Waals surface area contributed by atoms with Crippen molar-refractivity contribution in [2.45, 2.75) is 57.2 Å². The minimum atomic E-state index is -0.713. The lowest BCUT2D eigenvalue weighted by Gasteiger charge is -2.34. The molecule has 1 heterocycles. The van der Waals surface area contributed by atoms with E-state index in [9.17, 15) is 14.4 Å². The fourth-order valence-electron chi connectivity index (χ4n) is 3.04. The lowest BCUT2D eigenvalue weighted by Crippen LogP contribution is -2.56. The van der Waals surface area contributed by atoms with Crippen molar-refractivity contribution in [2.24, 2.45) is 5.73 Å². The van der Waals surface area contributed by atoms with Gasteiger partial charge in [-0.3, -0.25) is 19.8 Å². The van der Waals surface area contributed by atoms with Gasteiger partial charge in [-0.25, -0.2) is 4.79 Å². The van der Waals surface area contributed by atoms with E-state index < -0.39 is 24.1 Å². The van der Waals surface area contributed by atoms with E-state index >= 15 is 0 Å². The van der Waals surface area contributed by atoms with Gasteiger partial charge >= 0.3 is 6.03 Å². The zero-order valence-corrected chi connectivity index (χ0v) is 13.5. The third kappa shape index (κ3) is 5.18. The smallest absolute Gasteiger partial charge is 0.321 e. The van der Waals surface area contributed by atoms with E-state index in [-0.39, 0.29) is 18.5 Å². The Kier molecular flexibility index (Phi) is 6.35. The standard InChI is InChI=1S/C15H26N4O4/c1-10(19-7-8-23-12(9-19)13(16)20)14(21)18-15(22)17-11-5-3-2-4-6-11/h10-12H,2-9H2,1H3,(H2,16,20)(H2,17,18,21,22). The minimum absolute atomic E-state index is 0.148. The van der Waals surface area contributed by atoms with Crippen LogP contribution >= 0.6 is 0 Å². The Morgan fingerprint density at radius 2 is 1.91 bits per heavy atom. The quantitative estimate of drug-likeness (QED) is 0.657. The molecule has 2 fully saturated rings. The van der Waals surface area contributed by atoms with Crippen molar-refractivity contribution in [3.63, 3.8) is 0 Å². The number of nitrogens with one attached hydrogen (secondary N) is 2. The Labute approximate surface area is 136 Å². The molecular formula is C15H26N4O4. The summed E-state index contributed by atoms with van der Waals surface area (Å²) in [7, 11) is 0. The third-order valence-electron chi connectivity index (χ3n) is 4.52. The predicted octanol–water partition coefficient (Wildman–Crippen LogP) is -0.280. The maximum absolute atomic E-state index is 12.2. The van der Waals surface area contributed by atoms with Crippen LogP contribution in [0.2, 0.25) is 0 Å². The van der Waals surface area contributed by atoms with Crippen LogP contribution in [0.1, 0.15) is 39.0 Å². The number of primary amides is 1. The number of imide groups is 1. The molecule has 8 nitrogen and oxygen atoms in total. The minimum Gasteiger partial charge on any atom is -0.367 e. The van der Waals surface area contributed by atoms with Gasteiger partial charge in [-0.2, -0.15) is 0 Å². The highest BCUT2D eigenvalue weighted by Crippen LogP contribution is 2.17. The highest BCUT2D eigenvalue weighted by molar-refractivity contribution is 5.97. The second kappa shape index (κ2) is 8.26. The van der Waals surface area contributed by atoms with Crippen molar-refractivity contribution in [3.05, 3.63) is 0 Å². The molecule has 8 heteroatoms. The molecule has 2 atom stereocenters. The van der Waals surface area contributed by atoms with Gasteiger partial charge in [-0.15, -0.1) is 0 Å². The fourth-order valence-corrected chi connectivity index (χ4v) is 3.04. The van der Waals surface area contributed by atoms with E-state index in [1.54, 1.807) is 11.8 Å². The molecule has 2 rings (SSSR count). The van der Waals surface area contributed by atoms with Crippen molar-refractivity contribution < 1.29 is 19.1 Å². The number of carbonyl (C=O) groups is 3. The van der Waals surface area contributed by atoms with E-state index in [0.717, 1.165) is 25.7 Å². The third-order valence-corrected chi connectivity index (χ3v) is 4.52. The molecule has 0 radical (unpaired) electrons. The van der Waals surface area contributed by atoms with Crippen LogP contribution in [0.15, 0.2) is 0 Å². The van der Waals surface area contributed by atoms with Crippen LogP contribution in [-0.2, 0) is 14.3 Å². The number of rotatable bonds is 4. The summed E-state index contributed by atoms with van der Waals surface area (Å²) in [6.07, 6.45) is 4.63. The largest absolute Gasteiger partial charge is 0.367 e. The Bertz CT molecular complexity index is 451. The number of morpholine rings is 1. The van der Waals surface area contributed by atoms with Crippen LogP contribution < -0.4 is 16.4 Å². The maximum Gasteiger partial charge on any atom is 0.321 e. The van der Waals surface area contributed by atoms with Crippen molar-refractivity contribution in [1.29, 1.82) is 0 Å². The Balaban J connectivity index is 1.79. The van der Waals surface area contributed by atoms with Crippen LogP contribution in [0.4, 0.5) is 4.79 Å². The molecule has 2 unspecified atom stereocenters. The highest BCUT2D eigenvalue weighted by atomic mass is 16.5.